The van der Waals surface area contributed by atoms with Gasteiger partial charge < -0.3 is 10.1 Å². The lowest BCUT2D eigenvalue weighted by Crippen LogP contribution is -2.12. The Hall–Kier alpha value is -1.89. The van der Waals surface area contributed by atoms with Gasteiger partial charge in [-0.2, -0.15) is 11.3 Å². The van der Waals surface area contributed by atoms with Crippen LogP contribution in [0.25, 0.3) is 10.6 Å². The van der Waals surface area contributed by atoms with Gasteiger partial charge in [0.05, 0.1) is 17.8 Å². The van der Waals surface area contributed by atoms with E-state index in [-0.39, 0.29) is 5.91 Å². The van der Waals surface area contributed by atoms with E-state index in [0.29, 0.717) is 22.2 Å². The van der Waals surface area contributed by atoms with Gasteiger partial charge in [-0.25, -0.2) is 4.98 Å². The number of halogens is 1. The summed E-state index contributed by atoms with van der Waals surface area (Å²) in [4.78, 5) is 16.6. The second-order valence-electron chi connectivity index (χ2n) is 4.35. The van der Waals surface area contributed by atoms with Crippen molar-refractivity contribution in [2.45, 2.75) is 0 Å². The molecule has 7 heteroatoms. The van der Waals surface area contributed by atoms with Gasteiger partial charge in [-0.15, -0.1) is 11.3 Å². The fraction of sp³-hybridized carbons (Fsp3) is 0.0667. The van der Waals surface area contributed by atoms with Gasteiger partial charge in [0.1, 0.15) is 16.5 Å². The minimum absolute atomic E-state index is 0.287. The Kier molecular flexibility index (Phi) is 4.42. The predicted molar refractivity (Wildman–Crippen MR) is 91.4 cm³/mol. The Labute approximate surface area is 140 Å². The fourth-order valence-electron chi connectivity index (χ4n) is 1.81. The maximum Gasteiger partial charge on any atom is 0.275 e. The van der Waals surface area contributed by atoms with Gasteiger partial charge in [-0.3, -0.25) is 4.79 Å². The molecule has 0 fully saturated rings. The van der Waals surface area contributed by atoms with E-state index in [2.05, 4.69) is 10.3 Å². The number of hydrogen-bond acceptors (Lipinski definition) is 5. The number of thiophene rings is 1. The SMILES string of the molecule is COc1ccc(NC(=O)c2csc(-c3ccsc3)n2)c(Cl)c1. The summed E-state index contributed by atoms with van der Waals surface area (Å²) in [6.07, 6.45) is 0. The molecule has 0 spiro atoms. The molecule has 0 radical (unpaired) electrons. The Bertz CT molecular complexity index is 800. The van der Waals surface area contributed by atoms with Crippen molar-refractivity contribution in [3.63, 3.8) is 0 Å². The highest BCUT2D eigenvalue weighted by atomic mass is 35.5. The van der Waals surface area contributed by atoms with Crippen LogP contribution in [0.15, 0.2) is 40.4 Å². The third kappa shape index (κ3) is 3.14. The first-order valence-electron chi connectivity index (χ1n) is 6.30. The van der Waals surface area contributed by atoms with Crippen LogP contribution in [0.5, 0.6) is 5.75 Å². The van der Waals surface area contributed by atoms with Gasteiger partial charge in [-0.1, -0.05) is 11.6 Å². The van der Waals surface area contributed by atoms with E-state index < -0.39 is 0 Å². The van der Waals surface area contributed by atoms with E-state index in [1.54, 1.807) is 42.0 Å². The molecule has 112 valence electrons. The second-order valence-corrected chi connectivity index (χ2v) is 6.40. The summed E-state index contributed by atoms with van der Waals surface area (Å²) in [6.45, 7) is 0. The number of aromatic nitrogens is 1. The van der Waals surface area contributed by atoms with Crippen molar-refractivity contribution in [1.82, 2.24) is 4.98 Å². The molecule has 0 saturated carbocycles. The molecule has 2 heterocycles. The zero-order valence-electron chi connectivity index (χ0n) is 11.5. The van der Waals surface area contributed by atoms with E-state index >= 15 is 0 Å². The number of carbonyl (C=O) groups is 1. The quantitative estimate of drug-likeness (QED) is 0.736. The molecule has 4 nitrogen and oxygen atoms in total. The number of anilines is 1. The zero-order chi connectivity index (χ0) is 15.5. The molecule has 1 aromatic carbocycles. The highest BCUT2D eigenvalue weighted by molar-refractivity contribution is 7.14. The molecule has 22 heavy (non-hydrogen) atoms. The topological polar surface area (TPSA) is 51.2 Å². The molecule has 0 saturated heterocycles. The number of benzene rings is 1. The molecule has 1 amide bonds. The van der Waals surface area contributed by atoms with E-state index in [1.165, 1.54) is 11.3 Å². The van der Waals surface area contributed by atoms with Crippen LogP contribution < -0.4 is 10.1 Å². The molecule has 0 atom stereocenters. The molecule has 1 N–H and O–H groups in total. The molecular formula is C15H11ClN2O2S2. The third-order valence-corrected chi connectivity index (χ3v) is 4.82. The number of amides is 1. The first-order valence-corrected chi connectivity index (χ1v) is 8.50. The van der Waals surface area contributed by atoms with E-state index in [9.17, 15) is 4.79 Å². The van der Waals surface area contributed by atoms with Crippen LogP contribution in [-0.2, 0) is 0 Å². The Morgan fingerprint density at radius 1 is 1.32 bits per heavy atom. The second kappa shape index (κ2) is 6.48. The van der Waals surface area contributed by atoms with E-state index in [0.717, 1.165) is 10.6 Å². The summed E-state index contributed by atoms with van der Waals surface area (Å²) < 4.78 is 5.08. The van der Waals surface area contributed by atoms with Crippen LogP contribution in [0.1, 0.15) is 10.5 Å². The van der Waals surface area contributed by atoms with Gasteiger partial charge >= 0.3 is 0 Å². The smallest absolute Gasteiger partial charge is 0.275 e. The monoisotopic (exact) mass is 350 g/mol. The van der Waals surface area contributed by atoms with Crippen LogP contribution in [0, 0.1) is 0 Å². The van der Waals surface area contributed by atoms with Crippen molar-refractivity contribution >= 4 is 45.9 Å². The average molecular weight is 351 g/mol. The minimum Gasteiger partial charge on any atom is -0.497 e. The van der Waals surface area contributed by atoms with Crippen molar-refractivity contribution in [1.29, 1.82) is 0 Å². The molecule has 0 bridgehead atoms. The Morgan fingerprint density at radius 3 is 2.86 bits per heavy atom. The summed E-state index contributed by atoms with van der Waals surface area (Å²) in [5.74, 6) is 0.348. The summed E-state index contributed by atoms with van der Waals surface area (Å²) in [6, 6.07) is 7.06. The van der Waals surface area contributed by atoms with Gasteiger partial charge in [-0.05, 0) is 23.6 Å². The molecule has 3 aromatic rings. The van der Waals surface area contributed by atoms with E-state index in [4.69, 9.17) is 16.3 Å². The maximum absolute atomic E-state index is 12.2. The normalized spacial score (nSPS) is 10.5. The van der Waals surface area contributed by atoms with Crippen molar-refractivity contribution in [2.75, 3.05) is 12.4 Å². The summed E-state index contributed by atoms with van der Waals surface area (Å²) in [7, 11) is 1.56. The first-order chi connectivity index (χ1) is 10.7. The fourth-order valence-corrected chi connectivity index (χ4v) is 3.54. The van der Waals surface area contributed by atoms with Crippen LogP contribution in [-0.4, -0.2) is 18.0 Å². The molecule has 2 aromatic heterocycles. The van der Waals surface area contributed by atoms with Crippen LogP contribution in [0.3, 0.4) is 0 Å². The van der Waals surface area contributed by atoms with Crippen molar-refractivity contribution in [3.05, 3.63) is 51.1 Å². The highest BCUT2D eigenvalue weighted by Gasteiger charge is 2.14. The Morgan fingerprint density at radius 2 is 2.18 bits per heavy atom. The average Bonchev–Trinajstić information content (AvgIpc) is 3.19. The summed E-state index contributed by atoms with van der Waals surface area (Å²) >= 11 is 9.15. The van der Waals surface area contributed by atoms with Gasteiger partial charge in [0.15, 0.2) is 0 Å². The minimum atomic E-state index is -0.287. The summed E-state index contributed by atoms with van der Waals surface area (Å²) in [5.41, 5.74) is 1.92. The Balaban J connectivity index is 1.77. The number of carbonyl (C=O) groups excluding carboxylic acids is 1. The van der Waals surface area contributed by atoms with Gasteiger partial charge in [0.2, 0.25) is 0 Å². The lowest BCUT2D eigenvalue weighted by molar-refractivity contribution is 0.102. The van der Waals surface area contributed by atoms with Crippen molar-refractivity contribution in [3.8, 4) is 16.3 Å². The summed E-state index contributed by atoms with van der Waals surface area (Å²) in [5, 5.41) is 9.72. The number of rotatable bonds is 4. The predicted octanol–water partition coefficient (Wildman–Crippen LogP) is 4.79. The molecule has 0 unspecified atom stereocenters. The number of ether oxygens (including phenoxy) is 1. The number of nitrogens with zero attached hydrogens (tertiary/aromatic N) is 1. The largest absolute Gasteiger partial charge is 0.497 e. The van der Waals surface area contributed by atoms with Crippen molar-refractivity contribution in [2.24, 2.45) is 0 Å². The molecule has 0 aliphatic rings. The van der Waals surface area contributed by atoms with Crippen LogP contribution >= 0.6 is 34.3 Å². The van der Waals surface area contributed by atoms with Crippen LogP contribution in [0.2, 0.25) is 5.02 Å². The van der Waals surface area contributed by atoms with E-state index in [1.807, 2.05) is 16.8 Å². The lowest BCUT2D eigenvalue weighted by atomic mass is 10.3. The number of methoxy groups -OCH3 is 1. The molecule has 0 aliphatic heterocycles. The number of nitrogens with one attached hydrogen (secondary N) is 1. The van der Waals surface area contributed by atoms with Gasteiger partial charge in [0, 0.05) is 22.4 Å². The standard InChI is InChI=1S/C15H11ClN2O2S2/c1-20-10-2-3-12(11(16)6-10)17-14(19)13-8-22-15(18-13)9-4-5-21-7-9/h2-8H,1H3,(H,17,19). The zero-order valence-corrected chi connectivity index (χ0v) is 13.9. The highest BCUT2D eigenvalue weighted by Crippen LogP contribution is 2.28. The number of hydrogen-bond donors (Lipinski definition) is 1. The third-order valence-electron chi connectivity index (χ3n) is 2.93. The van der Waals surface area contributed by atoms with Gasteiger partial charge in [0.25, 0.3) is 5.91 Å². The molecule has 3 rings (SSSR count). The maximum atomic E-state index is 12.2. The number of thiazole rings is 1. The molecular weight excluding hydrogens is 340 g/mol. The van der Waals surface area contributed by atoms with Crippen molar-refractivity contribution < 1.29 is 9.53 Å². The molecule has 0 aliphatic carbocycles. The first kappa shape index (κ1) is 15.0. The lowest BCUT2D eigenvalue weighted by Gasteiger charge is -2.07. The van der Waals surface area contributed by atoms with Crippen LogP contribution in [0.4, 0.5) is 5.69 Å².